The highest BCUT2D eigenvalue weighted by atomic mass is 32.2. The predicted molar refractivity (Wildman–Crippen MR) is 87.7 cm³/mol. The number of rotatable bonds is 4. The van der Waals surface area contributed by atoms with Gasteiger partial charge in [-0.05, 0) is 48.7 Å². The van der Waals surface area contributed by atoms with Crippen LogP contribution in [0, 0.1) is 0 Å². The van der Waals surface area contributed by atoms with Crippen LogP contribution in [0.3, 0.4) is 0 Å². The van der Waals surface area contributed by atoms with Gasteiger partial charge in [-0.3, -0.25) is 0 Å². The van der Waals surface area contributed by atoms with Crippen LogP contribution >= 0.6 is 11.8 Å². The number of hydrogen-bond donors (Lipinski definition) is 1. The van der Waals surface area contributed by atoms with Gasteiger partial charge in [0.25, 0.3) is 0 Å². The Labute approximate surface area is 129 Å². The number of benzene rings is 2. The van der Waals surface area contributed by atoms with Gasteiger partial charge in [-0.2, -0.15) is 0 Å². The second-order valence-corrected chi connectivity index (χ2v) is 5.85. The van der Waals surface area contributed by atoms with Crippen LogP contribution in [0.1, 0.15) is 18.0 Å². The second-order valence-electron chi connectivity index (χ2n) is 4.97. The Hall–Kier alpha value is -1.81. The van der Waals surface area contributed by atoms with E-state index >= 15 is 0 Å². The molecule has 1 unspecified atom stereocenters. The number of ether oxygens (including phenoxy) is 2. The lowest BCUT2D eigenvalue weighted by Crippen LogP contribution is -2.20. The molecule has 2 aromatic rings. The number of methoxy groups -OCH3 is 1. The maximum absolute atomic E-state index is 5.73. The van der Waals surface area contributed by atoms with E-state index in [4.69, 9.17) is 9.47 Å². The molecule has 0 radical (unpaired) electrons. The third kappa shape index (κ3) is 3.10. The zero-order chi connectivity index (χ0) is 14.7. The lowest BCUT2D eigenvalue weighted by Gasteiger charge is -2.28. The molecular weight excluding hydrogens is 282 g/mol. The van der Waals surface area contributed by atoms with Crippen molar-refractivity contribution in [2.45, 2.75) is 17.4 Å². The minimum Gasteiger partial charge on any atom is -0.497 e. The van der Waals surface area contributed by atoms with Crippen molar-refractivity contribution in [1.82, 2.24) is 0 Å². The van der Waals surface area contributed by atoms with Crippen LogP contribution < -0.4 is 14.8 Å². The quantitative estimate of drug-likeness (QED) is 0.850. The first kappa shape index (κ1) is 14.1. The zero-order valence-electron chi connectivity index (χ0n) is 12.3. The number of anilines is 1. The SMILES string of the molecule is COc1ccc2c(c1)C(Nc1ccc(SC)cc1)CCO2. The molecule has 0 spiro atoms. The largest absolute Gasteiger partial charge is 0.497 e. The molecule has 0 saturated heterocycles. The molecule has 110 valence electrons. The molecule has 1 aliphatic rings. The van der Waals surface area contributed by atoms with Crippen LogP contribution in [0.5, 0.6) is 11.5 Å². The van der Waals surface area contributed by atoms with Gasteiger partial charge in [0.05, 0.1) is 19.8 Å². The number of thioether (sulfide) groups is 1. The normalized spacial score (nSPS) is 16.8. The molecule has 0 saturated carbocycles. The summed E-state index contributed by atoms with van der Waals surface area (Å²) in [7, 11) is 1.69. The van der Waals surface area contributed by atoms with Crippen LogP contribution in [-0.2, 0) is 0 Å². The molecule has 2 aromatic carbocycles. The third-order valence-corrected chi connectivity index (χ3v) is 4.43. The zero-order valence-corrected chi connectivity index (χ0v) is 13.1. The predicted octanol–water partition coefficient (Wildman–Crippen LogP) is 4.35. The van der Waals surface area contributed by atoms with Crippen LogP contribution in [0.2, 0.25) is 0 Å². The van der Waals surface area contributed by atoms with Crippen molar-refractivity contribution in [2.24, 2.45) is 0 Å². The number of hydrogen-bond acceptors (Lipinski definition) is 4. The second kappa shape index (κ2) is 6.31. The Kier molecular flexibility index (Phi) is 4.25. The van der Waals surface area contributed by atoms with Crippen LogP contribution in [0.4, 0.5) is 5.69 Å². The summed E-state index contributed by atoms with van der Waals surface area (Å²) < 4.78 is 11.1. The summed E-state index contributed by atoms with van der Waals surface area (Å²) in [6.07, 6.45) is 3.04. The van der Waals surface area contributed by atoms with Crippen LogP contribution in [0.25, 0.3) is 0 Å². The molecule has 21 heavy (non-hydrogen) atoms. The van der Waals surface area contributed by atoms with Gasteiger partial charge in [0.1, 0.15) is 11.5 Å². The van der Waals surface area contributed by atoms with E-state index in [0.717, 1.165) is 35.8 Å². The molecule has 1 aliphatic heterocycles. The molecule has 1 atom stereocenters. The molecule has 1 heterocycles. The Bertz CT molecular complexity index is 613. The van der Waals surface area contributed by atoms with Gasteiger partial charge in [-0.1, -0.05) is 0 Å². The molecule has 0 amide bonds. The third-order valence-electron chi connectivity index (χ3n) is 3.69. The first-order valence-corrected chi connectivity index (χ1v) is 8.24. The monoisotopic (exact) mass is 301 g/mol. The van der Waals surface area contributed by atoms with Crippen molar-refractivity contribution in [3.63, 3.8) is 0 Å². The van der Waals surface area contributed by atoms with E-state index in [-0.39, 0.29) is 6.04 Å². The van der Waals surface area contributed by atoms with Crippen molar-refractivity contribution in [3.8, 4) is 11.5 Å². The highest BCUT2D eigenvalue weighted by Gasteiger charge is 2.22. The molecule has 3 nitrogen and oxygen atoms in total. The minimum absolute atomic E-state index is 0.254. The van der Waals surface area contributed by atoms with Crippen molar-refractivity contribution >= 4 is 17.4 Å². The molecule has 3 rings (SSSR count). The van der Waals surface area contributed by atoms with E-state index in [1.165, 1.54) is 4.90 Å². The first-order chi connectivity index (χ1) is 10.3. The topological polar surface area (TPSA) is 30.5 Å². The van der Waals surface area contributed by atoms with Crippen molar-refractivity contribution in [1.29, 1.82) is 0 Å². The van der Waals surface area contributed by atoms with Crippen LogP contribution in [0.15, 0.2) is 47.4 Å². The van der Waals surface area contributed by atoms with Crippen LogP contribution in [-0.4, -0.2) is 20.0 Å². The Balaban J connectivity index is 1.83. The summed E-state index contributed by atoms with van der Waals surface area (Å²) in [5.74, 6) is 1.81. The van der Waals surface area contributed by atoms with Gasteiger partial charge in [0.2, 0.25) is 0 Å². The molecule has 0 fully saturated rings. The van der Waals surface area contributed by atoms with Gasteiger partial charge in [-0.15, -0.1) is 11.8 Å². The van der Waals surface area contributed by atoms with E-state index in [1.807, 2.05) is 12.1 Å². The summed E-state index contributed by atoms with van der Waals surface area (Å²) in [5.41, 5.74) is 2.29. The standard InChI is InChI=1S/C17H19NO2S/c1-19-13-5-8-17-15(11-13)16(9-10-20-17)18-12-3-6-14(21-2)7-4-12/h3-8,11,16,18H,9-10H2,1-2H3. The maximum Gasteiger partial charge on any atom is 0.124 e. The fraction of sp³-hybridized carbons (Fsp3) is 0.294. The molecular formula is C17H19NO2S. The van der Waals surface area contributed by atoms with E-state index in [1.54, 1.807) is 18.9 Å². The van der Waals surface area contributed by atoms with Crippen molar-refractivity contribution in [3.05, 3.63) is 48.0 Å². The smallest absolute Gasteiger partial charge is 0.124 e. The lowest BCUT2D eigenvalue weighted by molar-refractivity contribution is 0.273. The van der Waals surface area contributed by atoms with E-state index < -0.39 is 0 Å². The Morgan fingerprint density at radius 1 is 1.19 bits per heavy atom. The van der Waals surface area contributed by atoms with E-state index in [9.17, 15) is 0 Å². The fourth-order valence-electron chi connectivity index (χ4n) is 2.54. The van der Waals surface area contributed by atoms with E-state index in [0.29, 0.717) is 0 Å². The summed E-state index contributed by atoms with van der Waals surface area (Å²) >= 11 is 1.75. The highest BCUT2D eigenvalue weighted by Crippen LogP contribution is 2.36. The average Bonchev–Trinajstić information content (AvgIpc) is 2.55. The summed E-state index contributed by atoms with van der Waals surface area (Å²) in [6.45, 7) is 0.736. The lowest BCUT2D eigenvalue weighted by atomic mass is 10.00. The average molecular weight is 301 g/mol. The van der Waals surface area contributed by atoms with E-state index in [2.05, 4.69) is 41.9 Å². The molecule has 0 aliphatic carbocycles. The number of nitrogens with one attached hydrogen (secondary N) is 1. The summed E-state index contributed by atoms with van der Waals surface area (Å²) in [4.78, 5) is 1.27. The molecule has 4 heteroatoms. The van der Waals surface area contributed by atoms with Gasteiger partial charge in [-0.25, -0.2) is 0 Å². The summed E-state index contributed by atoms with van der Waals surface area (Å²) in [6, 6.07) is 14.8. The Morgan fingerprint density at radius 3 is 2.71 bits per heavy atom. The maximum atomic E-state index is 5.73. The molecule has 1 N–H and O–H groups in total. The van der Waals surface area contributed by atoms with Crippen molar-refractivity contribution < 1.29 is 9.47 Å². The first-order valence-electron chi connectivity index (χ1n) is 7.01. The minimum atomic E-state index is 0.254. The fourth-order valence-corrected chi connectivity index (χ4v) is 2.95. The highest BCUT2D eigenvalue weighted by molar-refractivity contribution is 7.98. The molecule has 0 aromatic heterocycles. The Morgan fingerprint density at radius 2 is 2.00 bits per heavy atom. The molecule has 0 bridgehead atoms. The number of fused-ring (bicyclic) bond motifs is 1. The van der Waals surface area contributed by atoms with Gasteiger partial charge in [0, 0.05) is 22.6 Å². The summed E-state index contributed by atoms with van der Waals surface area (Å²) in [5, 5.41) is 3.59. The van der Waals surface area contributed by atoms with Crippen molar-refractivity contribution in [2.75, 3.05) is 25.3 Å². The van der Waals surface area contributed by atoms with Gasteiger partial charge in [0.15, 0.2) is 0 Å². The van der Waals surface area contributed by atoms with Gasteiger partial charge >= 0.3 is 0 Å². The van der Waals surface area contributed by atoms with Gasteiger partial charge < -0.3 is 14.8 Å².